The number of rotatable bonds is 8. The first-order valence-corrected chi connectivity index (χ1v) is 29.5. The largest absolute Gasteiger partial charge is 0.460 e. The molecule has 0 aromatic heterocycles. The van der Waals surface area contributed by atoms with Crippen molar-refractivity contribution in [2.24, 2.45) is 35.5 Å². The molecule has 390 valence electrons. The topological polar surface area (TPSA) is 164 Å². The fourth-order valence-electron chi connectivity index (χ4n) is 10.6. The van der Waals surface area contributed by atoms with Crippen LogP contribution in [0.15, 0.2) is 47.6 Å². The highest BCUT2D eigenvalue weighted by Gasteiger charge is 2.53. The number of methoxy groups -OCH3 is 3. The third kappa shape index (κ3) is 16.4. The molecule has 4 rings (SSSR count). The van der Waals surface area contributed by atoms with E-state index in [1.165, 1.54) is 12.0 Å². The molecule has 1 aliphatic carbocycles. The Labute approximate surface area is 420 Å². The minimum atomic E-state index is -2.41. The van der Waals surface area contributed by atoms with Gasteiger partial charge in [-0.15, -0.1) is 0 Å². The van der Waals surface area contributed by atoms with E-state index in [-0.39, 0.29) is 66.0 Å². The number of fused-ring (bicyclic) bond motifs is 3. The van der Waals surface area contributed by atoms with E-state index >= 15 is 0 Å². The van der Waals surface area contributed by atoms with Crippen molar-refractivity contribution in [2.75, 3.05) is 27.9 Å². The summed E-state index contributed by atoms with van der Waals surface area (Å²) < 4.78 is 36.9. The first-order valence-electron chi connectivity index (χ1n) is 25.6. The number of allylic oxidation sites excluding steroid dienone is 6. The quantitative estimate of drug-likeness (QED) is 0.0782. The maximum atomic E-state index is 14.5. The fraction of sp³-hybridized carbons (Fsp3) is 0.759. The normalized spacial score (nSPS) is 37.8. The van der Waals surface area contributed by atoms with E-state index in [1.807, 2.05) is 58.1 Å². The second-order valence-corrected chi connectivity index (χ2v) is 26.9. The molecule has 3 fully saturated rings. The molecule has 0 aromatic rings. The monoisotopic (exact) mass is 1000 g/mol. The highest BCUT2D eigenvalue weighted by atomic mass is 32.1. The van der Waals surface area contributed by atoms with Gasteiger partial charge >= 0.3 is 5.97 Å². The van der Waals surface area contributed by atoms with E-state index in [1.54, 1.807) is 28.1 Å². The molecule has 1 unspecified atom stereocenters. The van der Waals surface area contributed by atoms with Crippen molar-refractivity contribution in [3.63, 3.8) is 0 Å². The molecule has 2 saturated heterocycles. The third-order valence-corrected chi connectivity index (χ3v) is 16.5. The minimum Gasteiger partial charge on any atom is -0.460 e. The van der Waals surface area contributed by atoms with Crippen molar-refractivity contribution >= 4 is 50.2 Å². The highest BCUT2D eigenvalue weighted by Crippen LogP contribution is 2.38. The van der Waals surface area contributed by atoms with Crippen molar-refractivity contribution in [1.29, 1.82) is 0 Å². The summed E-state index contributed by atoms with van der Waals surface area (Å²) in [5.74, 6) is -7.10. The van der Waals surface area contributed by atoms with Gasteiger partial charge in [0.15, 0.2) is 14.1 Å². The summed E-state index contributed by atoms with van der Waals surface area (Å²) in [7, 11) is 2.54. The van der Waals surface area contributed by atoms with Crippen molar-refractivity contribution in [1.82, 2.24) is 4.90 Å². The Bertz CT molecular complexity index is 1880. The number of piperidine rings is 1. The highest BCUT2D eigenvalue weighted by molar-refractivity contribution is 7.81. The molecule has 1 amide bonds. The Hall–Kier alpha value is -2.76. The number of hydrogen-bond donors (Lipinski definition) is 2. The van der Waals surface area contributed by atoms with E-state index in [9.17, 15) is 29.1 Å². The molecule has 0 radical (unpaired) electrons. The van der Waals surface area contributed by atoms with Crippen LogP contribution in [0.2, 0.25) is 19.6 Å². The molecular weight excluding hydrogens is 915 g/mol. The zero-order valence-electron chi connectivity index (χ0n) is 44.1. The van der Waals surface area contributed by atoms with Crippen LogP contribution >= 0.6 is 12.6 Å². The molecule has 0 aromatic carbocycles. The van der Waals surface area contributed by atoms with Crippen LogP contribution in [0.4, 0.5) is 0 Å². The van der Waals surface area contributed by atoms with E-state index in [0.29, 0.717) is 50.5 Å². The SMILES string of the molecule is CO[C@H]1C[C@@H]2CC[C@@H](C)[C@@](O)(O2)C(=O)C(=O)N2CCCC[C@H]2C(=O)OC([C@H](C)C[C@@H]2CC[C@H](S)[C@H](OC)C2)CC(=O)[C@H](C)/C=C(\C)[C@@H](O[Si](C)(C)C)[C@@H](OC)C(=O)[C@H](C)C[C@H](C)/C=C/C=CC=C1C. The number of hydrogen-bond acceptors (Lipinski definition) is 13. The summed E-state index contributed by atoms with van der Waals surface area (Å²) in [6.07, 6.45) is 14.6. The fourth-order valence-corrected chi connectivity index (χ4v) is 12.1. The van der Waals surface area contributed by atoms with Crippen LogP contribution in [0.25, 0.3) is 0 Å². The Balaban J connectivity index is 1.76. The number of cyclic esters (lactones) is 1. The summed E-state index contributed by atoms with van der Waals surface area (Å²) in [5, 5.41) is 12.1. The molecule has 15 atom stereocenters. The summed E-state index contributed by atoms with van der Waals surface area (Å²) in [4.78, 5) is 73.2. The van der Waals surface area contributed by atoms with Gasteiger partial charge < -0.3 is 38.1 Å². The number of thiol groups is 1. The lowest BCUT2D eigenvalue weighted by Gasteiger charge is -2.42. The molecule has 2 bridgehead atoms. The minimum absolute atomic E-state index is 0.0252. The zero-order valence-corrected chi connectivity index (χ0v) is 46.0. The lowest BCUT2D eigenvalue weighted by Crippen LogP contribution is -2.61. The van der Waals surface area contributed by atoms with Crippen LogP contribution in [-0.2, 0) is 52.1 Å². The van der Waals surface area contributed by atoms with E-state index in [0.717, 1.165) is 24.8 Å². The molecular formula is C54H87NO12SSi. The van der Waals surface area contributed by atoms with E-state index < -0.39 is 80.2 Å². The van der Waals surface area contributed by atoms with Crippen LogP contribution in [-0.4, -0.2) is 129 Å². The van der Waals surface area contributed by atoms with Gasteiger partial charge in [0.25, 0.3) is 11.7 Å². The smallest absolute Gasteiger partial charge is 0.329 e. The van der Waals surface area contributed by atoms with Gasteiger partial charge in [-0.25, -0.2) is 4.79 Å². The van der Waals surface area contributed by atoms with Crippen LogP contribution in [0.3, 0.4) is 0 Å². The van der Waals surface area contributed by atoms with Gasteiger partial charge in [0.2, 0.25) is 5.79 Å². The maximum absolute atomic E-state index is 14.5. The number of aliphatic hydroxyl groups is 1. The standard InChI is InChI=1S/C54H87NO12SSi/c1-33-19-15-14-16-20-34(2)44(62-8)31-41-24-22-39(7)54(61,66-41)51(58)52(59)55-26-18-17-21-42(55)53(60)65-45(36(4)29-40-23-25-47(68)46(30-40)63-9)32-43(56)35(3)28-38(6)49(67-69(11,12)13)50(64-10)48(57)37(5)27-33/h14-16,19-20,28,33,35-37,39-42,44-47,49-50,61,68H,17-18,21-27,29-32H2,1-13H3/b16-14?,19-15+,34-20?,38-28+/t33-,35-,36-,37-,39-,40+,41+,42+,44+,45?,46-,47+,49-,50+,54-/m1/s1. The number of carbonyl (C=O) groups is 5. The number of ketones is 3. The third-order valence-electron chi connectivity index (χ3n) is 14.9. The van der Waals surface area contributed by atoms with E-state index in [2.05, 4.69) is 32.6 Å². The van der Waals surface area contributed by atoms with Crippen LogP contribution in [0.5, 0.6) is 0 Å². The number of ether oxygens (including phenoxy) is 5. The predicted octanol–water partition coefficient (Wildman–Crippen LogP) is 8.98. The van der Waals surface area contributed by atoms with Gasteiger partial charge in [0.05, 0.1) is 24.4 Å². The lowest BCUT2D eigenvalue weighted by atomic mass is 9.79. The molecule has 1 N–H and O–H groups in total. The van der Waals surface area contributed by atoms with Gasteiger partial charge in [-0.3, -0.25) is 19.2 Å². The van der Waals surface area contributed by atoms with Crippen LogP contribution in [0.1, 0.15) is 126 Å². The molecule has 69 heavy (non-hydrogen) atoms. The molecule has 0 spiro atoms. The van der Waals surface area contributed by atoms with E-state index in [4.69, 9.17) is 40.7 Å². The van der Waals surface area contributed by atoms with Crippen LogP contribution < -0.4 is 0 Å². The maximum Gasteiger partial charge on any atom is 0.329 e. The molecule has 3 heterocycles. The first kappa shape index (κ1) is 58.8. The van der Waals surface area contributed by atoms with Crippen molar-refractivity contribution < 1.29 is 57.2 Å². The van der Waals surface area contributed by atoms with Gasteiger partial charge in [-0.1, -0.05) is 71.1 Å². The van der Waals surface area contributed by atoms with Crippen molar-refractivity contribution in [3.05, 3.63) is 47.6 Å². The Kier molecular flexibility index (Phi) is 22.8. The van der Waals surface area contributed by atoms with Crippen molar-refractivity contribution in [2.45, 2.75) is 199 Å². The van der Waals surface area contributed by atoms with Gasteiger partial charge in [0, 0.05) is 63.7 Å². The number of nitrogens with zero attached hydrogens (tertiary/aromatic N) is 1. The average Bonchev–Trinajstić information content (AvgIpc) is 3.30. The Morgan fingerprint density at radius 3 is 2.22 bits per heavy atom. The molecule has 1 saturated carbocycles. The summed E-state index contributed by atoms with van der Waals surface area (Å²) in [6.45, 7) is 19.6. The molecule has 15 heteroatoms. The summed E-state index contributed by atoms with van der Waals surface area (Å²) >= 11 is 4.75. The van der Waals surface area contributed by atoms with Gasteiger partial charge in [-0.2, -0.15) is 12.6 Å². The first-order chi connectivity index (χ1) is 32.4. The number of esters is 1. The second-order valence-electron chi connectivity index (χ2n) is 21.8. The zero-order chi connectivity index (χ0) is 51.4. The molecule has 13 nitrogen and oxygen atoms in total. The van der Waals surface area contributed by atoms with Crippen LogP contribution in [0, 0.1) is 35.5 Å². The molecule has 3 aliphatic heterocycles. The average molecular weight is 1000 g/mol. The molecule has 4 aliphatic rings. The number of carbonyl (C=O) groups excluding carboxylic acids is 5. The lowest BCUT2D eigenvalue weighted by molar-refractivity contribution is -0.265. The second kappa shape index (κ2) is 26.8. The summed E-state index contributed by atoms with van der Waals surface area (Å²) in [5.41, 5.74) is 1.60. The van der Waals surface area contributed by atoms with Gasteiger partial charge in [0.1, 0.15) is 24.0 Å². The number of amides is 1. The Morgan fingerprint density at radius 2 is 1.57 bits per heavy atom. The number of Topliss-reactive ketones (excluding diaryl/α,β-unsaturated/α-hetero) is 3. The predicted molar refractivity (Wildman–Crippen MR) is 274 cm³/mol. The van der Waals surface area contributed by atoms with Gasteiger partial charge in [-0.05, 0) is 127 Å². The summed E-state index contributed by atoms with van der Waals surface area (Å²) in [6, 6.07) is -1.10. The van der Waals surface area contributed by atoms with Crippen molar-refractivity contribution in [3.8, 4) is 0 Å². The Morgan fingerprint density at radius 1 is 0.855 bits per heavy atom.